The highest BCUT2D eigenvalue weighted by molar-refractivity contribution is 6.29. The lowest BCUT2D eigenvalue weighted by Crippen LogP contribution is -1.87. The molecule has 0 saturated heterocycles. The summed E-state index contributed by atoms with van der Waals surface area (Å²) in [7, 11) is 3.35. The second-order valence-electron chi connectivity index (χ2n) is 9.00. The van der Waals surface area contributed by atoms with Crippen LogP contribution in [0.2, 0.25) is 0 Å². The van der Waals surface area contributed by atoms with Crippen LogP contribution in [0.1, 0.15) is 0 Å². The number of rotatable bonds is 4. The number of ether oxygens (including phenoxy) is 2. The van der Waals surface area contributed by atoms with Crippen LogP contribution in [0.3, 0.4) is 0 Å². The van der Waals surface area contributed by atoms with Crippen molar-refractivity contribution in [2.24, 2.45) is 0 Å². The summed E-state index contributed by atoms with van der Waals surface area (Å²) in [5, 5.41) is 6.53. The topological polar surface area (TPSA) is 57.4 Å². The fourth-order valence-corrected chi connectivity index (χ4v) is 5.30. The Bertz CT molecular complexity index is 1800. The highest BCUT2D eigenvalue weighted by Crippen LogP contribution is 2.44. The Balaban J connectivity index is 1.57. The molecule has 0 radical (unpaired) electrons. The quantitative estimate of drug-likeness (QED) is 0.254. The van der Waals surface area contributed by atoms with Crippen molar-refractivity contribution < 1.29 is 13.9 Å². The molecule has 7 rings (SSSR count). The fourth-order valence-electron chi connectivity index (χ4n) is 5.30. The summed E-state index contributed by atoms with van der Waals surface area (Å²) in [6.45, 7) is 0. The first-order valence-corrected chi connectivity index (χ1v) is 12.0. The molecule has 0 spiro atoms. The Kier molecular flexibility index (Phi) is 4.83. The van der Waals surface area contributed by atoms with Gasteiger partial charge in [-0.15, -0.1) is 0 Å². The van der Waals surface area contributed by atoms with Gasteiger partial charge in [0.2, 0.25) is 0 Å². The van der Waals surface area contributed by atoms with Gasteiger partial charge in [0.25, 0.3) is 0 Å². The standard InChI is InChI=1S/C32H22N2O3/c1-35-21-7-3-19(4-8-21)25-15-29-31(23-11-13-33-17-27(23)25)32-24-12-14-34-18-28(24)26(16-30(32)37-29)20-5-9-22(36-2)10-6-20/h3-18H,1-2H3. The number of fused-ring (bicyclic) bond motifs is 7. The molecule has 0 fully saturated rings. The van der Waals surface area contributed by atoms with Gasteiger partial charge in [0.05, 0.1) is 14.2 Å². The van der Waals surface area contributed by atoms with Gasteiger partial charge in [0.1, 0.15) is 22.7 Å². The molecular formula is C32H22N2O3. The van der Waals surface area contributed by atoms with Crippen molar-refractivity contribution in [2.75, 3.05) is 14.2 Å². The second-order valence-corrected chi connectivity index (χ2v) is 9.00. The Hall–Kier alpha value is -4.90. The molecule has 0 aliphatic rings. The lowest BCUT2D eigenvalue weighted by atomic mass is 9.93. The third-order valence-electron chi connectivity index (χ3n) is 7.08. The maximum Gasteiger partial charge on any atom is 0.136 e. The maximum atomic E-state index is 6.59. The summed E-state index contributed by atoms with van der Waals surface area (Å²) in [5.41, 5.74) is 5.97. The molecule has 7 aromatic rings. The molecular weight excluding hydrogens is 460 g/mol. The second kappa shape index (κ2) is 8.35. The normalized spacial score (nSPS) is 11.5. The highest BCUT2D eigenvalue weighted by Gasteiger charge is 2.19. The predicted molar refractivity (Wildman–Crippen MR) is 148 cm³/mol. The van der Waals surface area contributed by atoms with Crippen molar-refractivity contribution in [2.45, 2.75) is 0 Å². The van der Waals surface area contributed by atoms with Gasteiger partial charge < -0.3 is 13.9 Å². The number of nitrogens with zero attached hydrogens (tertiary/aromatic N) is 2. The highest BCUT2D eigenvalue weighted by atomic mass is 16.5. The monoisotopic (exact) mass is 482 g/mol. The summed E-state index contributed by atoms with van der Waals surface area (Å²) in [5.74, 6) is 1.64. The van der Waals surface area contributed by atoms with Crippen LogP contribution < -0.4 is 9.47 Å². The van der Waals surface area contributed by atoms with Crippen molar-refractivity contribution in [3.8, 4) is 33.8 Å². The molecule has 37 heavy (non-hydrogen) atoms. The van der Waals surface area contributed by atoms with Gasteiger partial charge in [-0.3, -0.25) is 9.97 Å². The molecule has 0 N–H and O–H groups in total. The van der Waals surface area contributed by atoms with Crippen LogP contribution in [0.25, 0.3) is 65.7 Å². The van der Waals surface area contributed by atoms with E-state index >= 15 is 0 Å². The Labute approximate surface area is 212 Å². The fraction of sp³-hybridized carbons (Fsp3) is 0.0625. The average molecular weight is 483 g/mol. The Morgan fingerprint density at radius 2 is 0.973 bits per heavy atom. The van der Waals surface area contributed by atoms with E-state index in [0.29, 0.717) is 0 Å². The molecule has 0 unspecified atom stereocenters. The summed E-state index contributed by atoms with van der Waals surface area (Å²) in [6.07, 6.45) is 7.55. The van der Waals surface area contributed by atoms with Crippen LogP contribution in [-0.4, -0.2) is 24.2 Å². The molecule has 0 atom stereocenters. The molecule has 3 heterocycles. The van der Waals surface area contributed by atoms with Gasteiger partial charge in [-0.05, 0) is 81.6 Å². The van der Waals surface area contributed by atoms with Crippen molar-refractivity contribution >= 4 is 43.5 Å². The van der Waals surface area contributed by atoms with E-state index in [1.54, 1.807) is 14.2 Å². The number of methoxy groups -OCH3 is 2. The van der Waals surface area contributed by atoms with Crippen molar-refractivity contribution in [3.05, 3.63) is 97.6 Å². The van der Waals surface area contributed by atoms with Gasteiger partial charge in [-0.1, -0.05) is 24.3 Å². The van der Waals surface area contributed by atoms with Crippen LogP contribution in [0.5, 0.6) is 11.5 Å². The molecule has 0 amide bonds. The van der Waals surface area contributed by atoms with Crippen LogP contribution >= 0.6 is 0 Å². The third kappa shape index (κ3) is 3.32. The molecule has 178 valence electrons. The van der Waals surface area contributed by atoms with Crippen LogP contribution in [0.4, 0.5) is 0 Å². The third-order valence-corrected chi connectivity index (χ3v) is 7.08. The lowest BCUT2D eigenvalue weighted by Gasteiger charge is -2.10. The molecule has 5 heteroatoms. The number of aromatic nitrogens is 2. The van der Waals surface area contributed by atoms with Gasteiger partial charge in [-0.25, -0.2) is 0 Å². The molecule has 0 saturated carbocycles. The van der Waals surface area contributed by atoms with E-state index in [1.807, 2.05) is 49.1 Å². The number of hydrogen-bond donors (Lipinski definition) is 0. The van der Waals surface area contributed by atoms with E-state index in [4.69, 9.17) is 13.9 Å². The van der Waals surface area contributed by atoms with Gasteiger partial charge >= 0.3 is 0 Å². The molecule has 0 bridgehead atoms. The zero-order chi connectivity index (χ0) is 24.9. The number of pyridine rings is 2. The van der Waals surface area contributed by atoms with E-state index in [1.165, 1.54) is 0 Å². The van der Waals surface area contributed by atoms with E-state index in [-0.39, 0.29) is 0 Å². The van der Waals surface area contributed by atoms with Gasteiger partial charge in [0, 0.05) is 46.3 Å². The molecule has 0 aliphatic carbocycles. The molecule has 5 nitrogen and oxygen atoms in total. The van der Waals surface area contributed by atoms with E-state index < -0.39 is 0 Å². The largest absolute Gasteiger partial charge is 0.497 e. The summed E-state index contributed by atoms with van der Waals surface area (Å²) in [4.78, 5) is 8.92. The maximum absolute atomic E-state index is 6.59. The van der Waals surface area contributed by atoms with E-state index in [2.05, 4.69) is 58.5 Å². The SMILES string of the molecule is COc1ccc(-c2cc3oc4cc(-c5ccc(OC)cc5)c5cnccc5c4c3c3ccncc23)cc1. The van der Waals surface area contributed by atoms with Crippen molar-refractivity contribution in [1.82, 2.24) is 9.97 Å². The summed E-state index contributed by atoms with van der Waals surface area (Å²) in [6, 6.07) is 24.6. The number of hydrogen-bond acceptors (Lipinski definition) is 5. The summed E-state index contributed by atoms with van der Waals surface area (Å²) >= 11 is 0. The molecule has 0 aliphatic heterocycles. The molecule has 4 aromatic carbocycles. The number of furan rings is 1. The lowest BCUT2D eigenvalue weighted by molar-refractivity contribution is 0.415. The Morgan fingerprint density at radius 1 is 0.541 bits per heavy atom. The predicted octanol–water partition coefficient (Wildman–Crippen LogP) is 8.03. The minimum atomic E-state index is 0.821. The van der Waals surface area contributed by atoms with Crippen LogP contribution in [0.15, 0.2) is 102 Å². The minimum Gasteiger partial charge on any atom is -0.497 e. The van der Waals surface area contributed by atoms with Crippen LogP contribution in [0, 0.1) is 0 Å². The average Bonchev–Trinajstić information content (AvgIpc) is 3.35. The first-order chi connectivity index (χ1) is 18.2. The van der Waals surface area contributed by atoms with Gasteiger partial charge in [0.15, 0.2) is 0 Å². The first-order valence-electron chi connectivity index (χ1n) is 12.0. The van der Waals surface area contributed by atoms with Crippen molar-refractivity contribution in [3.63, 3.8) is 0 Å². The zero-order valence-corrected chi connectivity index (χ0v) is 20.4. The zero-order valence-electron chi connectivity index (χ0n) is 20.4. The van der Waals surface area contributed by atoms with Crippen LogP contribution in [-0.2, 0) is 0 Å². The van der Waals surface area contributed by atoms with Crippen molar-refractivity contribution in [1.29, 1.82) is 0 Å². The Morgan fingerprint density at radius 3 is 1.38 bits per heavy atom. The van der Waals surface area contributed by atoms with Gasteiger partial charge in [-0.2, -0.15) is 0 Å². The van der Waals surface area contributed by atoms with E-state index in [9.17, 15) is 0 Å². The first kappa shape index (κ1) is 21.4. The van der Waals surface area contributed by atoms with E-state index in [0.717, 1.165) is 77.2 Å². The summed E-state index contributed by atoms with van der Waals surface area (Å²) < 4.78 is 17.3. The number of benzene rings is 4. The minimum absolute atomic E-state index is 0.821. The molecule has 3 aromatic heterocycles. The smallest absolute Gasteiger partial charge is 0.136 e.